The quantitative estimate of drug-likeness (QED) is 0.744. The van der Waals surface area contributed by atoms with E-state index in [0.29, 0.717) is 12.2 Å². The van der Waals surface area contributed by atoms with Gasteiger partial charge < -0.3 is 16.2 Å². The highest BCUT2D eigenvalue weighted by Crippen LogP contribution is 2.24. The summed E-state index contributed by atoms with van der Waals surface area (Å²) in [6, 6.07) is 6.08. The number of halogens is 1. The molecule has 0 atom stereocenters. The molecule has 0 fully saturated rings. The molecule has 0 aliphatic heterocycles. The Morgan fingerprint density at radius 3 is 2.89 bits per heavy atom. The summed E-state index contributed by atoms with van der Waals surface area (Å²) >= 11 is 1.57. The molecule has 0 spiro atoms. The van der Waals surface area contributed by atoms with Crippen molar-refractivity contribution in [3.05, 3.63) is 45.9 Å². The number of hydrogen-bond acceptors (Lipinski definition) is 4. The van der Waals surface area contributed by atoms with Gasteiger partial charge in [0.1, 0.15) is 5.82 Å². The maximum Gasteiger partial charge on any atom is 0.338 e. The Bertz CT molecular complexity index is 570. The van der Waals surface area contributed by atoms with Crippen LogP contribution in [0.15, 0.2) is 29.6 Å². The van der Waals surface area contributed by atoms with Gasteiger partial charge in [-0.2, -0.15) is 0 Å². The molecule has 0 aliphatic carbocycles. The average molecular weight is 266 g/mol. The van der Waals surface area contributed by atoms with Gasteiger partial charge in [0.15, 0.2) is 0 Å². The monoisotopic (exact) mass is 266 g/mol. The molecule has 94 valence electrons. The first-order valence-electron chi connectivity index (χ1n) is 5.16. The Kier molecular flexibility index (Phi) is 3.47. The van der Waals surface area contributed by atoms with Crippen LogP contribution in [0, 0.1) is 5.82 Å². The summed E-state index contributed by atoms with van der Waals surface area (Å²) in [4.78, 5) is 11.8. The molecule has 4 N–H and O–H groups in total. The summed E-state index contributed by atoms with van der Waals surface area (Å²) in [7, 11) is 0. The maximum absolute atomic E-state index is 13.5. The second-order valence-corrected chi connectivity index (χ2v) is 4.69. The number of thiophene rings is 1. The smallest absolute Gasteiger partial charge is 0.338 e. The molecule has 4 nitrogen and oxygen atoms in total. The minimum absolute atomic E-state index is 0.213. The summed E-state index contributed by atoms with van der Waals surface area (Å²) < 4.78 is 13.5. The molecular weight excluding hydrogens is 255 g/mol. The molecule has 1 heterocycles. The number of aromatic carboxylic acids is 1. The van der Waals surface area contributed by atoms with E-state index in [1.807, 2.05) is 17.5 Å². The van der Waals surface area contributed by atoms with Gasteiger partial charge in [0.05, 0.1) is 16.9 Å². The van der Waals surface area contributed by atoms with E-state index < -0.39 is 17.3 Å². The van der Waals surface area contributed by atoms with Gasteiger partial charge in [-0.25, -0.2) is 9.18 Å². The number of nitrogens with two attached hydrogens (primary N) is 1. The molecule has 1 aromatic heterocycles. The first kappa shape index (κ1) is 12.4. The summed E-state index contributed by atoms with van der Waals surface area (Å²) in [5, 5.41) is 13.7. The second kappa shape index (κ2) is 5.05. The molecule has 0 unspecified atom stereocenters. The fourth-order valence-corrected chi connectivity index (χ4v) is 2.15. The summed E-state index contributed by atoms with van der Waals surface area (Å²) in [5.74, 6) is -2.13. The fraction of sp³-hybridized carbons (Fsp3) is 0.0833. The molecule has 0 bridgehead atoms. The lowest BCUT2D eigenvalue weighted by Gasteiger charge is -2.09. The van der Waals surface area contributed by atoms with Crippen molar-refractivity contribution in [1.82, 2.24) is 0 Å². The van der Waals surface area contributed by atoms with E-state index in [2.05, 4.69) is 5.32 Å². The van der Waals surface area contributed by atoms with E-state index in [9.17, 15) is 9.18 Å². The third kappa shape index (κ3) is 2.60. The molecule has 0 radical (unpaired) electrons. The molecule has 18 heavy (non-hydrogen) atoms. The van der Waals surface area contributed by atoms with Crippen molar-refractivity contribution in [2.75, 3.05) is 11.1 Å². The standard InChI is InChI=1S/C12H11FN2O2S/c13-9-5-11(10(14)4-8(9)12(16)17)15-6-7-2-1-3-18-7/h1-5,15H,6,14H2,(H,16,17). The molecule has 2 aromatic rings. The van der Waals surface area contributed by atoms with Crippen molar-refractivity contribution < 1.29 is 14.3 Å². The number of nitrogen functional groups attached to an aromatic ring is 1. The van der Waals surface area contributed by atoms with Crippen molar-refractivity contribution in [3.63, 3.8) is 0 Å². The maximum atomic E-state index is 13.5. The van der Waals surface area contributed by atoms with Crippen molar-refractivity contribution in [2.24, 2.45) is 0 Å². The average Bonchev–Trinajstić information content (AvgIpc) is 2.82. The first-order chi connectivity index (χ1) is 8.58. The molecule has 0 amide bonds. The summed E-state index contributed by atoms with van der Waals surface area (Å²) in [6.45, 7) is 0.522. The largest absolute Gasteiger partial charge is 0.478 e. The molecule has 0 saturated heterocycles. The Hall–Kier alpha value is -2.08. The van der Waals surface area contributed by atoms with Gasteiger partial charge in [0.25, 0.3) is 0 Å². The topological polar surface area (TPSA) is 75.4 Å². The van der Waals surface area contributed by atoms with E-state index in [1.165, 1.54) is 0 Å². The van der Waals surface area contributed by atoms with E-state index in [-0.39, 0.29) is 5.69 Å². The van der Waals surface area contributed by atoms with Crippen LogP contribution < -0.4 is 11.1 Å². The lowest BCUT2D eigenvalue weighted by atomic mass is 10.1. The molecule has 2 rings (SSSR count). The number of nitrogens with one attached hydrogen (secondary N) is 1. The SMILES string of the molecule is Nc1cc(C(=O)O)c(F)cc1NCc1cccs1. The number of benzene rings is 1. The predicted octanol–water partition coefficient (Wildman–Crippen LogP) is 2.78. The van der Waals surface area contributed by atoms with Crippen LogP contribution in [-0.2, 0) is 6.54 Å². The van der Waals surface area contributed by atoms with Crippen molar-refractivity contribution in [1.29, 1.82) is 0 Å². The molecule has 1 aromatic carbocycles. The normalized spacial score (nSPS) is 10.3. The highest BCUT2D eigenvalue weighted by molar-refractivity contribution is 7.09. The number of anilines is 2. The van der Waals surface area contributed by atoms with Gasteiger partial charge in [-0.1, -0.05) is 6.07 Å². The Morgan fingerprint density at radius 2 is 2.28 bits per heavy atom. The Labute approximate surface area is 107 Å². The van der Waals surface area contributed by atoms with Crippen LogP contribution in [0.3, 0.4) is 0 Å². The van der Waals surface area contributed by atoms with E-state index in [4.69, 9.17) is 10.8 Å². The van der Waals surface area contributed by atoms with Crippen LogP contribution in [0.4, 0.5) is 15.8 Å². The Morgan fingerprint density at radius 1 is 1.50 bits per heavy atom. The lowest BCUT2D eigenvalue weighted by Crippen LogP contribution is -2.06. The van der Waals surface area contributed by atoms with Gasteiger partial charge in [-0.3, -0.25) is 0 Å². The number of hydrogen-bond donors (Lipinski definition) is 3. The lowest BCUT2D eigenvalue weighted by molar-refractivity contribution is 0.0692. The van der Waals surface area contributed by atoms with Crippen LogP contribution in [0.5, 0.6) is 0 Å². The Balaban J connectivity index is 2.19. The van der Waals surface area contributed by atoms with Gasteiger partial charge in [-0.15, -0.1) is 11.3 Å². The van der Waals surface area contributed by atoms with Gasteiger partial charge in [-0.05, 0) is 23.6 Å². The third-order valence-corrected chi connectivity index (χ3v) is 3.28. The van der Waals surface area contributed by atoms with Crippen LogP contribution >= 0.6 is 11.3 Å². The van der Waals surface area contributed by atoms with Gasteiger partial charge in [0.2, 0.25) is 0 Å². The zero-order chi connectivity index (χ0) is 13.1. The molecule has 0 saturated carbocycles. The van der Waals surface area contributed by atoms with Crippen molar-refractivity contribution in [2.45, 2.75) is 6.54 Å². The van der Waals surface area contributed by atoms with Gasteiger partial charge in [0, 0.05) is 11.4 Å². The van der Waals surface area contributed by atoms with E-state index in [1.54, 1.807) is 11.3 Å². The number of rotatable bonds is 4. The first-order valence-corrected chi connectivity index (χ1v) is 6.04. The molecular formula is C12H11FN2O2S. The highest BCUT2D eigenvalue weighted by Gasteiger charge is 2.13. The van der Waals surface area contributed by atoms with Crippen molar-refractivity contribution in [3.8, 4) is 0 Å². The third-order valence-electron chi connectivity index (χ3n) is 2.40. The molecule has 6 heteroatoms. The van der Waals surface area contributed by atoms with Gasteiger partial charge >= 0.3 is 5.97 Å². The summed E-state index contributed by atoms with van der Waals surface area (Å²) in [6.07, 6.45) is 0. The number of carbonyl (C=O) groups is 1. The number of carboxylic acid groups (broad SMARTS) is 1. The van der Waals surface area contributed by atoms with E-state index in [0.717, 1.165) is 17.0 Å². The zero-order valence-corrected chi connectivity index (χ0v) is 10.1. The zero-order valence-electron chi connectivity index (χ0n) is 9.31. The van der Waals surface area contributed by atoms with Crippen LogP contribution in [0.25, 0.3) is 0 Å². The van der Waals surface area contributed by atoms with Crippen molar-refractivity contribution >= 4 is 28.7 Å². The summed E-state index contributed by atoms with van der Waals surface area (Å²) in [5.41, 5.74) is 5.86. The predicted molar refractivity (Wildman–Crippen MR) is 69.4 cm³/mol. The van der Waals surface area contributed by atoms with E-state index >= 15 is 0 Å². The minimum atomic E-state index is -1.33. The number of carboxylic acids is 1. The molecule has 0 aliphatic rings. The van der Waals surface area contributed by atoms with Crippen LogP contribution in [0.1, 0.15) is 15.2 Å². The fourth-order valence-electron chi connectivity index (χ4n) is 1.50. The second-order valence-electron chi connectivity index (χ2n) is 3.66. The van der Waals surface area contributed by atoms with Crippen LogP contribution in [-0.4, -0.2) is 11.1 Å². The van der Waals surface area contributed by atoms with Crippen LogP contribution in [0.2, 0.25) is 0 Å². The minimum Gasteiger partial charge on any atom is -0.478 e. The highest BCUT2D eigenvalue weighted by atomic mass is 32.1.